The number of halogens is 3. The quantitative estimate of drug-likeness (QED) is 0.614. The van der Waals surface area contributed by atoms with Gasteiger partial charge in [-0.05, 0) is 60.9 Å². The van der Waals surface area contributed by atoms with E-state index in [9.17, 15) is 22.2 Å². The second-order valence-corrected chi connectivity index (χ2v) is 8.74. The van der Waals surface area contributed by atoms with Gasteiger partial charge < -0.3 is 4.90 Å². The van der Waals surface area contributed by atoms with Crippen molar-refractivity contribution >= 4 is 39.0 Å². The summed E-state index contributed by atoms with van der Waals surface area (Å²) in [6.45, 7) is 0.465. The van der Waals surface area contributed by atoms with Crippen LogP contribution in [0.25, 0.3) is 0 Å². The predicted octanol–water partition coefficient (Wildman–Crippen LogP) is 4.89. The van der Waals surface area contributed by atoms with Gasteiger partial charge in [0, 0.05) is 29.4 Å². The molecule has 3 aromatic rings. The summed E-state index contributed by atoms with van der Waals surface area (Å²) in [6, 6.07) is 9.41. The van der Waals surface area contributed by atoms with Crippen molar-refractivity contribution in [3.05, 3.63) is 70.7 Å². The molecule has 30 heavy (non-hydrogen) atoms. The number of hydrogen-bond donors (Lipinski definition) is 1. The van der Waals surface area contributed by atoms with Gasteiger partial charge in [-0.1, -0.05) is 0 Å². The normalized spacial score (nSPS) is 14.8. The van der Waals surface area contributed by atoms with Gasteiger partial charge in [0.05, 0.1) is 10.5 Å². The Labute approximate surface area is 177 Å². The fraction of sp³-hybridized carbons (Fsp3) is 0.200. The van der Waals surface area contributed by atoms with Gasteiger partial charge in [0.25, 0.3) is 5.91 Å². The number of alkyl halides is 3. The highest BCUT2D eigenvalue weighted by atomic mass is 32.2. The van der Waals surface area contributed by atoms with Crippen molar-refractivity contribution in [2.75, 3.05) is 16.2 Å². The number of rotatable bonds is 4. The number of hydrogen-bond acceptors (Lipinski definition) is 4. The van der Waals surface area contributed by atoms with Crippen LogP contribution in [0, 0.1) is 0 Å². The van der Waals surface area contributed by atoms with Crippen molar-refractivity contribution in [2.45, 2.75) is 23.9 Å². The largest absolute Gasteiger partial charge is 0.416 e. The van der Waals surface area contributed by atoms with Gasteiger partial charge in [-0.2, -0.15) is 13.2 Å². The summed E-state index contributed by atoms with van der Waals surface area (Å²) in [6.07, 6.45) is -1.41. The zero-order valence-corrected chi connectivity index (χ0v) is 17.1. The fourth-order valence-electron chi connectivity index (χ4n) is 3.27. The monoisotopic (exact) mass is 451 g/mol. The smallest absolute Gasteiger partial charge is 0.308 e. The topological polar surface area (TPSA) is 62.3 Å². The Morgan fingerprint density at radius 3 is 2.60 bits per heavy atom. The predicted molar refractivity (Wildman–Crippen MR) is 110 cm³/mol. The maximum Gasteiger partial charge on any atom is 0.416 e. The van der Waals surface area contributed by atoms with Crippen LogP contribution in [0.3, 0.4) is 0 Å². The highest BCUT2D eigenvalue weighted by molar-refractivity contribution is 7.86. The van der Waals surface area contributed by atoms with Crippen LogP contribution in [0.4, 0.5) is 24.0 Å². The highest BCUT2D eigenvalue weighted by Crippen LogP contribution is 2.32. The molecular formula is C20H16F3N3O2S2. The lowest BCUT2D eigenvalue weighted by atomic mass is 10.0. The van der Waals surface area contributed by atoms with Crippen molar-refractivity contribution in [2.24, 2.45) is 0 Å². The van der Waals surface area contributed by atoms with Gasteiger partial charge in [0.1, 0.15) is 0 Å². The Hall–Kier alpha value is -2.72. The standard InChI is InChI=1S/C20H16F3N3O2S2/c21-20(22,23)15-5-3-13(4-6-15)18(27)26-10-1-2-14-12-16(7-8-17(14)26)30(28)25-19-24-9-11-29-19/h3-9,11-12H,1-2,10H2,(H,24,25). The van der Waals surface area contributed by atoms with E-state index in [1.165, 1.54) is 23.5 Å². The molecule has 4 rings (SSSR count). The highest BCUT2D eigenvalue weighted by Gasteiger charge is 2.31. The number of nitrogens with zero attached hydrogens (tertiary/aromatic N) is 2. The van der Waals surface area contributed by atoms with E-state index in [4.69, 9.17) is 0 Å². The molecule has 1 aromatic heterocycles. The van der Waals surface area contributed by atoms with Crippen molar-refractivity contribution in [3.8, 4) is 0 Å². The van der Waals surface area contributed by atoms with Gasteiger partial charge in [-0.15, -0.1) is 11.3 Å². The van der Waals surface area contributed by atoms with Crippen LogP contribution in [0.2, 0.25) is 0 Å². The number of carbonyl (C=O) groups is 1. The maximum atomic E-state index is 12.9. The molecule has 1 unspecified atom stereocenters. The SMILES string of the molecule is O=C(c1ccc(C(F)(F)F)cc1)N1CCCc2cc(S(=O)Nc3nccs3)ccc21. The van der Waals surface area contributed by atoms with Gasteiger partial charge >= 0.3 is 6.18 Å². The minimum atomic E-state index is -4.45. The number of amides is 1. The van der Waals surface area contributed by atoms with Gasteiger partial charge in [-0.25, -0.2) is 9.19 Å². The molecule has 2 aromatic carbocycles. The molecule has 10 heteroatoms. The van der Waals surface area contributed by atoms with E-state index >= 15 is 0 Å². The molecule has 0 saturated carbocycles. The molecule has 1 aliphatic rings. The first-order valence-corrected chi connectivity index (χ1v) is 11.1. The van der Waals surface area contributed by atoms with Gasteiger partial charge in [0.2, 0.25) is 0 Å². The zero-order chi connectivity index (χ0) is 21.3. The van der Waals surface area contributed by atoms with E-state index in [0.29, 0.717) is 35.1 Å². The van der Waals surface area contributed by atoms with Crippen LogP contribution in [0.15, 0.2) is 58.9 Å². The van der Waals surface area contributed by atoms with Gasteiger partial charge in [0.15, 0.2) is 16.1 Å². The number of benzene rings is 2. The molecule has 5 nitrogen and oxygen atoms in total. The van der Waals surface area contributed by atoms with E-state index in [-0.39, 0.29) is 11.5 Å². The van der Waals surface area contributed by atoms with Crippen LogP contribution < -0.4 is 9.62 Å². The molecule has 0 aliphatic carbocycles. The number of thiazole rings is 1. The Kier molecular flexibility index (Phi) is 5.61. The molecular weight excluding hydrogens is 435 g/mol. The van der Waals surface area contributed by atoms with E-state index in [1.54, 1.807) is 34.7 Å². The average molecular weight is 451 g/mol. The third-order valence-electron chi connectivity index (χ3n) is 4.70. The summed E-state index contributed by atoms with van der Waals surface area (Å²) in [4.78, 5) is 19.1. The van der Waals surface area contributed by atoms with Crippen molar-refractivity contribution in [1.29, 1.82) is 0 Å². The van der Waals surface area contributed by atoms with Crippen molar-refractivity contribution in [3.63, 3.8) is 0 Å². The van der Waals surface area contributed by atoms with Crippen LogP contribution in [-0.2, 0) is 23.6 Å². The van der Waals surface area contributed by atoms with Crippen LogP contribution in [0.1, 0.15) is 27.9 Å². The number of fused-ring (bicyclic) bond motifs is 1. The molecule has 2 heterocycles. The number of nitrogens with one attached hydrogen (secondary N) is 1. The van der Waals surface area contributed by atoms with E-state index < -0.39 is 22.7 Å². The number of carbonyl (C=O) groups excluding carboxylic acids is 1. The molecule has 1 N–H and O–H groups in total. The minimum absolute atomic E-state index is 0.189. The number of aromatic nitrogens is 1. The van der Waals surface area contributed by atoms with Crippen LogP contribution in [-0.4, -0.2) is 21.6 Å². The molecule has 0 radical (unpaired) electrons. The molecule has 0 fully saturated rings. The third kappa shape index (κ3) is 4.24. The summed E-state index contributed by atoms with van der Waals surface area (Å²) >= 11 is 1.34. The molecule has 1 amide bonds. The lowest BCUT2D eigenvalue weighted by Gasteiger charge is -2.30. The Morgan fingerprint density at radius 1 is 1.17 bits per heavy atom. The summed E-state index contributed by atoms with van der Waals surface area (Å²) in [5, 5.41) is 2.32. The summed E-state index contributed by atoms with van der Waals surface area (Å²) < 4.78 is 53.7. The van der Waals surface area contributed by atoms with Gasteiger partial charge in [-0.3, -0.25) is 9.52 Å². The second-order valence-electron chi connectivity index (χ2n) is 6.63. The van der Waals surface area contributed by atoms with E-state index in [1.807, 2.05) is 0 Å². The maximum absolute atomic E-state index is 12.9. The van der Waals surface area contributed by atoms with E-state index in [2.05, 4.69) is 9.71 Å². The summed E-state index contributed by atoms with van der Waals surface area (Å²) in [5.41, 5.74) is 0.946. The second kappa shape index (κ2) is 8.19. The first-order chi connectivity index (χ1) is 14.3. The van der Waals surface area contributed by atoms with E-state index in [0.717, 1.165) is 17.7 Å². The number of anilines is 2. The molecule has 156 valence electrons. The molecule has 0 spiro atoms. The lowest BCUT2D eigenvalue weighted by Crippen LogP contribution is -2.35. The Balaban J connectivity index is 1.56. The fourth-order valence-corrected chi connectivity index (χ4v) is 4.83. The first-order valence-electron chi connectivity index (χ1n) is 9.03. The summed E-state index contributed by atoms with van der Waals surface area (Å²) in [5.74, 6) is -0.362. The average Bonchev–Trinajstić information content (AvgIpc) is 3.25. The third-order valence-corrected chi connectivity index (χ3v) is 6.58. The molecule has 0 bridgehead atoms. The Bertz CT molecular complexity index is 1080. The van der Waals surface area contributed by atoms with Crippen LogP contribution >= 0.6 is 11.3 Å². The minimum Gasteiger partial charge on any atom is -0.308 e. The molecule has 1 atom stereocenters. The first kappa shape index (κ1) is 20.5. The molecule has 1 aliphatic heterocycles. The van der Waals surface area contributed by atoms with Crippen molar-refractivity contribution < 1.29 is 22.2 Å². The molecule has 0 saturated heterocycles. The van der Waals surface area contributed by atoms with Crippen LogP contribution in [0.5, 0.6) is 0 Å². The number of aryl methyl sites for hydroxylation is 1. The zero-order valence-electron chi connectivity index (χ0n) is 15.5. The van der Waals surface area contributed by atoms with Crippen molar-refractivity contribution in [1.82, 2.24) is 4.98 Å². The summed E-state index contributed by atoms with van der Waals surface area (Å²) in [7, 11) is -1.49. The lowest BCUT2D eigenvalue weighted by molar-refractivity contribution is -0.137. The Morgan fingerprint density at radius 2 is 1.93 bits per heavy atom.